The van der Waals surface area contributed by atoms with Gasteiger partial charge in [0.15, 0.2) is 0 Å². The Morgan fingerprint density at radius 2 is 1.74 bits per heavy atom. The van der Waals surface area contributed by atoms with E-state index in [1.165, 1.54) is 10.5 Å². The number of benzene rings is 2. The molecule has 1 amide bonds. The minimum atomic E-state index is -1.04. The number of amides is 1. The average molecular weight is 531 g/mol. The highest BCUT2D eigenvalue weighted by Crippen LogP contribution is 2.26. The van der Waals surface area contributed by atoms with Crippen LogP contribution in [0, 0.1) is 11.8 Å². The Bertz CT molecular complexity index is 1240. The SMILES string of the molecule is COc1ccc(Cc2nc(N3CCC(Cc4ccccc4)CC3)ncc2C(=O)N(CC(=O)O)CC(C)C)cc1. The normalized spacial score (nSPS) is 13.9. The van der Waals surface area contributed by atoms with E-state index in [0.717, 1.165) is 43.7 Å². The Morgan fingerprint density at radius 3 is 2.36 bits per heavy atom. The molecular weight excluding hydrogens is 492 g/mol. The molecule has 1 aromatic heterocycles. The Morgan fingerprint density at radius 1 is 1.05 bits per heavy atom. The van der Waals surface area contributed by atoms with Gasteiger partial charge in [0.1, 0.15) is 12.3 Å². The number of carbonyl (C=O) groups is 2. The molecule has 0 aliphatic carbocycles. The van der Waals surface area contributed by atoms with E-state index in [9.17, 15) is 14.7 Å². The van der Waals surface area contributed by atoms with E-state index in [2.05, 4.69) is 34.1 Å². The summed E-state index contributed by atoms with van der Waals surface area (Å²) < 4.78 is 5.28. The third-order valence-electron chi connectivity index (χ3n) is 7.08. The lowest BCUT2D eigenvalue weighted by atomic mass is 9.90. The average Bonchev–Trinajstić information content (AvgIpc) is 2.93. The number of hydrogen-bond acceptors (Lipinski definition) is 6. The topological polar surface area (TPSA) is 95.9 Å². The van der Waals surface area contributed by atoms with Gasteiger partial charge < -0.3 is 19.6 Å². The van der Waals surface area contributed by atoms with Gasteiger partial charge in [0, 0.05) is 32.3 Å². The molecule has 1 aliphatic heterocycles. The minimum absolute atomic E-state index is 0.121. The number of methoxy groups -OCH3 is 1. The highest BCUT2D eigenvalue weighted by molar-refractivity contribution is 5.96. The molecule has 1 fully saturated rings. The molecule has 1 saturated heterocycles. The molecular formula is C31H38N4O4. The predicted octanol–water partition coefficient (Wildman–Crippen LogP) is 4.72. The van der Waals surface area contributed by atoms with E-state index in [0.29, 0.717) is 36.1 Å². The molecule has 0 atom stereocenters. The number of carboxylic acids is 1. The lowest BCUT2D eigenvalue weighted by molar-refractivity contribution is -0.137. The standard InChI is InChI=1S/C31H38N4O4/c1-22(2)20-35(21-29(36)37)30(38)27-19-32-31(33-28(27)18-24-9-11-26(39-3)12-10-24)34-15-13-25(14-16-34)17-23-7-5-4-6-8-23/h4-12,19,22,25H,13-18,20-21H2,1-3H3,(H,36,37). The molecule has 0 bridgehead atoms. The van der Waals surface area contributed by atoms with E-state index in [1.54, 1.807) is 13.3 Å². The lowest BCUT2D eigenvalue weighted by Crippen LogP contribution is -2.39. The molecule has 0 unspecified atom stereocenters. The second kappa shape index (κ2) is 13.2. The van der Waals surface area contributed by atoms with Gasteiger partial charge in [-0.25, -0.2) is 9.97 Å². The first-order valence-electron chi connectivity index (χ1n) is 13.6. The molecule has 1 N–H and O–H groups in total. The van der Waals surface area contributed by atoms with Crippen LogP contribution in [-0.4, -0.2) is 65.1 Å². The quantitative estimate of drug-likeness (QED) is 0.383. The third-order valence-corrected chi connectivity index (χ3v) is 7.08. The smallest absolute Gasteiger partial charge is 0.323 e. The van der Waals surface area contributed by atoms with Crippen molar-refractivity contribution in [1.82, 2.24) is 14.9 Å². The highest BCUT2D eigenvalue weighted by atomic mass is 16.5. The number of aliphatic carboxylic acids is 1. The fourth-order valence-electron chi connectivity index (χ4n) is 5.09. The van der Waals surface area contributed by atoms with Crippen LogP contribution in [0.15, 0.2) is 60.8 Å². The largest absolute Gasteiger partial charge is 0.497 e. The van der Waals surface area contributed by atoms with Crippen molar-refractivity contribution in [1.29, 1.82) is 0 Å². The molecule has 8 nitrogen and oxygen atoms in total. The van der Waals surface area contributed by atoms with Crippen molar-refractivity contribution >= 4 is 17.8 Å². The number of piperidine rings is 1. The Kier molecular flexibility index (Phi) is 9.52. The zero-order valence-electron chi connectivity index (χ0n) is 23.0. The van der Waals surface area contributed by atoms with Crippen LogP contribution in [0.5, 0.6) is 5.75 Å². The molecule has 39 heavy (non-hydrogen) atoms. The first-order chi connectivity index (χ1) is 18.8. The van der Waals surface area contributed by atoms with Crippen molar-refractivity contribution in [2.45, 2.75) is 39.5 Å². The van der Waals surface area contributed by atoms with Gasteiger partial charge in [-0.3, -0.25) is 9.59 Å². The van der Waals surface area contributed by atoms with Crippen LogP contribution >= 0.6 is 0 Å². The van der Waals surface area contributed by atoms with E-state index in [-0.39, 0.29) is 18.4 Å². The van der Waals surface area contributed by atoms with Crippen molar-refractivity contribution in [3.05, 3.63) is 83.2 Å². The number of ether oxygens (including phenoxy) is 1. The van der Waals surface area contributed by atoms with E-state index < -0.39 is 5.97 Å². The van der Waals surface area contributed by atoms with Gasteiger partial charge >= 0.3 is 5.97 Å². The summed E-state index contributed by atoms with van der Waals surface area (Å²) in [5, 5.41) is 9.43. The maximum absolute atomic E-state index is 13.6. The summed E-state index contributed by atoms with van der Waals surface area (Å²) in [4.78, 5) is 38.2. The number of hydrogen-bond donors (Lipinski definition) is 1. The van der Waals surface area contributed by atoms with Crippen LogP contribution in [0.1, 0.15) is 53.9 Å². The Hall–Kier alpha value is -3.94. The molecule has 0 saturated carbocycles. The van der Waals surface area contributed by atoms with Gasteiger partial charge in [0.2, 0.25) is 5.95 Å². The monoisotopic (exact) mass is 530 g/mol. The zero-order chi connectivity index (χ0) is 27.8. The number of anilines is 1. The molecule has 0 radical (unpaired) electrons. The summed E-state index contributed by atoms with van der Waals surface area (Å²) in [5.41, 5.74) is 3.28. The van der Waals surface area contributed by atoms with Crippen molar-refractivity contribution in [2.24, 2.45) is 11.8 Å². The van der Waals surface area contributed by atoms with Crippen LogP contribution in [0.2, 0.25) is 0 Å². The van der Waals surface area contributed by atoms with Crippen molar-refractivity contribution in [3.63, 3.8) is 0 Å². The van der Waals surface area contributed by atoms with Gasteiger partial charge in [0.05, 0.1) is 18.4 Å². The first-order valence-corrected chi connectivity index (χ1v) is 13.6. The van der Waals surface area contributed by atoms with Gasteiger partial charge in [-0.15, -0.1) is 0 Å². The first kappa shape index (κ1) is 28.1. The highest BCUT2D eigenvalue weighted by Gasteiger charge is 2.26. The van der Waals surface area contributed by atoms with E-state index in [4.69, 9.17) is 9.72 Å². The van der Waals surface area contributed by atoms with Crippen molar-refractivity contribution < 1.29 is 19.4 Å². The molecule has 1 aliphatic rings. The van der Waals surface area contributed by atoms with Gasteiger partial charge in [-0.1, -0.05) is 56.3 Å². The molecule has 8 heteroatoms. The molecule has 3 aromatic rings. The van der Waals surface area contributed by atoms with E-state index >= 15 is 0 Å². The predicted molar refractivity (Wildman–Crippen MR) is 151 cm³/mol. The van der Waals surface area contributed by atoms with Crippen LogP contribution in [0.4, 0.5) is 5.95 Å². The van der Waals surface area contributed by atoms with Crippen LogP contribution in [-0.2, 0) is 17.6 Å². The second-order valence-electron chi connectivity index (χ2n) is 10.6. The third kappa shape index (κ3) is 7.78. The van der Waals surface area contributed by atoms with Gasteiger partial charge in [0.25, 0.3) is 5.91 Å². The number of rotatable bonds is 11. The number of carboxylic acid groups (broad SMARTS) is 1. The molecule has 4 rings (SSSR count). The van der Waals surface area contributed by atoms with E-state index in [1.807, 2.05) is 44.2 Å². The molecule has 2 heterocycles. The molecule has 206 valence electrons. The summed E-state index contributed by atoms with van der Waals surface area (Å²) in [6, 6.07) is 18.3. The Labute approximate surface area is 230 Å². The van der Waals surface area contributed by atoms with Crippen LogP contribution in [0.3, 0.4) is 0 Å². The van der Waals surface area contributed by atoms with Crippen molar-refractivity contribution in [2.75, 3.05) is 38.2 Å². The van der Waals surface area contributed by atoms with Crippen molar-refractivity contribution in [3.8, 4) is 5.75 Å². The molecule has 2 aromatic carbocycles. The maximum atomic E-state index is 13.6. The second-order valence-corrected chi connectivity index (χ2v) is 10.6. The number of carbonyl (C=O) groups excluding carboxylic acids is 1. The summed E-state index contributed by atoms with van der Waals surface area (Å²) in [6.07, 6.45) is 5.17. The summed E-state index contributed by atoms with van der Waals surface area (Å²) in [6.45, 7) is 5.60. The fourth-order valence-corrected chi connectivity index (χ4v) is 5.09. The summed E-state index contributed by atoms with van der Waals surface area (Å²) in [5.74, 6) is 0.696. The van der Waals surface area contributed by atoms with Gasteiger partial charge in [-0.05, 0) is 54.4 Å². The zero-order valence-corrected chi connectivity index (χ0v) is 23.0. The molecule has 0 spiro atoms. The van der Waals surface area contributed by atoms with Gasteiger partial charge in [-0.2, -0.15) is 0 Å². The summed E-state index contributed by atoms with van der Waals surface area (Å²) in [7, 11) is 1.62. The minimum Gasteiger partial charge on any atom is -0.497 e. The summed E-state index contributed by atoms with van der Waals surface area (Å²) >= 11 is 0. The maximum Gasteiger partial charge on any atom is 0.323 e. The number of nitrogens with zero attached hydrogens (tertiary/aromatic N) is 4. The van der Waals surface area contributed by atoms with Crippen LogP contribution < -0.4 is 9.64 Å². The number of aromatic nitrogens is 2. The Balaban J connectivity index is 1.57. The lowest BCUT2D eigenvalue weighted by Gasteiger charge is -2.32. The fraction of sp³-hybridized carbons (Fsp3) is 0.419. The van der Waals surface area contributed by atoms with Crippen LogP contribution in [0.25, 0.3) is 0 Å².